The van der Waals surface area contributed by atoms with Crippen LogP contribution in [0.3, 0.4) is 0 Å². The van der Waals surface area contributed by atoms with Crippen molar-refractivity contribution in [3.63, 3.8) is 0 Å². The van der Waals surface area contributed by atoms with Crippen molar-refractivity contribution in [1.29, 1.82) is 0 Å². The molecule has 0 fully saturated rings. The second-order valence-corrected chi connectivity index (χ2v) is 7.46. The summed E-state index contributed by atoms with van der Waals surface area (Å²) in [5.74, 6) is 0. The number of fused-ring (bicyclic) bond motifs is 1. The molecular formula is C23H28N2O2. The first-order valence-corrected chi connectivity index (χ1v) is 9.39. The average Bonchev–Trinajstić information content (AvgIpc) is 2.63. The molecule has 2 aromatic carbocycles. The highest BCUT2D eigenvalue weighted by Crippen LogP contribution is 2.21. The van der Waals surface area contributed by atoms with Crippen LogP contribution < -0.4 is 10.9 Å². The zero-order valence-electron chi connectivity index (χ0n) is 16.6. The summed E-state index contributed by atoms with van der Waals surface area (Å²) in [6.45, 7) is 5.60. The molecule has 0 radical (unpaired) electrons. The highest BCUT2D eigenvalue weighted by atomic mass is 16.4. The number of rotatable bonds is 7. The summed E-state index contributed by atoms with van der Waals surface area (Å²) in [5.41, 5.74) is 5.02. The first-order valence-electron chi connectivity index (χ1n) is 9.39. The van der Waals surface area contributed by atoms with Gasteiger partial charge in [-0.3, -0.25) is 0 Å². The molecule has 4 heteroatoms. The Morgan fingerprint density at radius 1 is 1.04 bits per heavy atom. The van der Waals surface area contributed by atoms with E-state index in [-0.39, 0.29) is 5.63 Å². The van der Waals surface area contributed by atoms with Crippen molar-refractivity contribution in [2.75, 3.05) is 20.6 Å². The van der Waals surface area contributed by atoms with Gasteiger partial charge in [0.2, 0.25) is 0 Å². The maximum Gasteiger partial charge on any atom is 0.336 e. The Kier molecular flexibility index (Phi) is 6.09. The van der Waals surface area contributed by atoms with E-state index in [4.69, 9.17) is 4.42 Å². The first-order chi connectivity index (χ1) is 12.9. The molecule has 0 spiro atoms. The summed E-state index contributed by atoms with van der Waals surface area (Å²) in [5, 5.41) is 4.54. The number of hydrogen-bond donors (Lipinski definition) is 1. The Hall–Kier alpha value is -2.43. The quantitative estimate of drug-likeness (QED) is 0.650. The number of nitrogens with zero attached hydrogens (tertiary/aromatic N) is 1. The van der Waals surface area contributed by atoms with Crippen LogP contribution in [0.25, 0.3) is 11.0 Å². The van der Waals surface area contributed by atoms with Gasteiger partial charge in [0, 0.05) is 30.6 Å². The van der Waals surface area contributed by atoms with E-state index in [1.807, 2.05) is 19.1 Å². The minimum absolute atomic E-state index is 0.295. The van der Waals surface area contributed by atoms with Crippen molar-refractivity contribution in [3.8, 4) is 0 Å². The molecule has 4 nitrogen and oxygen atoms in total. The first kappa shape index (κ1) is 19.3. The lowest BCUT2D eigenvalue weighted by molar-refractivity contribution is 0.281. The van der Waals surface area contributed by atoms with Crippen LogP contribution in [-0.2, 0) is 13.0 Å². The number of benzene rings is 2. The molecular weight excluding hydrogens is 336 g/mol. The largest absolute Gasteiger partial charge is 0.423 e. The lowest BCUT2D eigenvalue weighted by Crippen LogP contribution is -2.39. The third kappa shape index (κ3) is 4.85. The summed E-state index contributed by atoms with van der Waals surface area (Å²) in [4.78, 5) is 14.2. The summed E-state index contributed by atoms with van der Waals surface area (Å²) in [6.07, 6.45) is 0.983. The zero-order chi connectivity index (χ0) is 19.4. The van der Waals surface area contributed by atoms with Crippen molar-refractivity contribution in [3.05, 3.63) is 81.2 Å². The maximum absolute atomic E-state index is 11.9. The summed E-state index contributed by atoms with van der Waals surface area (Å²) in [7, 11) is 4.21. The Labute approximate surface area is 160 Å². The van der Waals surface area contributed by atoms with E-state index in [1.54, 1.807) is 6.07 Å². The van der Waals surface area contributed by atoms with Gasteiger partial charge in [0.1, 0.15) is 5.58 Å². The molecule has 0 unspecified atom stereocenters. The predicted octanol–water partition coefficient (Wildman–Crippen LogP) is 3.67. The normalized spacial score (nSPS) is 12.6. The monoisotopic (exact) mass is 364 g/mol. The van der Waals surface area contributed by atoms with Gasteiger partial charge in [0.15, 0.2) is 0 Å². The predicted molar refractivity (Wildman–Crippen MR) is 111 cm³/mol. The Morgan fingerprint density at radius 2 is 1.74 bits per heavy atom. The summed E-state index contributed by atoms with van der Waals surface area (Å²) < 4.78 is 5.39. The topological polar surface area (TPSA) is 45.5 Å². The van der Waals surface area contributed by atoms with Gasteiger partial charge >= 0.3 is 5.63 Å². The minimum atomic E-state index is -0.295. The molecule has 27 heavy (non-hydrogen) atoms. The van der Waals surface area contributed by atoms with Gasteiger partial charge in [-0.05, 0) is 68.8 Å². The smallest absolute Gasteiger partial charge is 0.336 e. The van der Waals surface area contributed by atoms with Crippen LogP contribution in [0.4, 0.5) is 0 Å². The fraction of sp³-hybridized carbons (Fsp3) is 0.348. The van der Waals surface area contributed by atoms with E-state index in [0.717, 1.165) is 29.5 Å². The number of nitrogens with one attached hydrogen (secondary N) is 1. The van der Waals surface area contributed by atoms with Crippen LogP contribution in [0, 0.1) is 13.8 Å². The van der Waals surface area contributed by atoms with Crippen molar-refractivity contribution < 1.29 is 4.42 Å². The molecule has 0 amide bonds. The lowest BCUT2D eigenvalue weighted by Gasteiger charge is -2.25. The Bertz CT molecular complexity index is 961. The van der Waals surface area contributed by atoms with Gasteiger partial charge in [0.25, 0.3) is 0 Å². The molecule has 142 valence electrons. The van der Waals surface area contributed by atoms with E-state index in [2.05, 4.69) is 61.6 Å². The van der Waals surface area contributed by atoms with Crippen LogP contribution >= 0.6 is 0 Å². The van der Waals surface area contributed by atoms with Gasteiger partial charge in [-0.2, -0.15) is 0 Å². The molecule has 0 aliphatic heterocycles. The highest BCUT2D eigenvalue weighted by molar-refractivity contribution is 5.81. The molecule has 1 heterocycles. The molecule has 3 aromatic rings. The fourth-order valence-corrected chi connectivity index (χ4v) is 3.33. The molecule has 0 aliphatic carbocycles. The second kappa shape index (κ2) is 8.51. The fourth-order valence-electron chi connectivity index (χ4n) is 3.33. The highest BCUT2D eigenvalue weighted by Gasteiger charge is 2.13. The third-order valence-electron chi connectivity index (χ3n) is 5.18. The van der Waals surface area contributed by atoms with Crippen LogP contribution in [0.2, 0.25) is 0 Å². The average molecular weight is 364 g/mol. The van der Waals surface area contributed by atoms with Crippen molar-refractivity contribution in [2.24, 2.45) is 0 Å². The van der Waals surface area contributed by atoms with Gasteiger partial charge in [-0.25, -0.2) is 4.79 Å². The standard InChI is InChI=1S/C23H28N2O2/c1-16-10-21-19(13-23(26)27-22(21)11-17(16)2)14-24-15-20(25(3)4)12-18-8-6-5-7-9-18/h5-11,13,20,24H,12,14-15H2,1-4H3/t20-/m0/s1. The number of hydrogen-bond acceptors (Lipinski definition) is 4. The minimum Gasteiger partial charge on any atom is -0.423 e. The third-order valence-corrected chi connectivity index (χ3v) is 5.18. The molecule has 3 rings (SSSR count). The van der Waals surface area contributed by atoms with Gasteiger partial charge in [-0.15, -0.1) is 0 Å². The van der Waals surface area contributed by atoms with Crippen LogP contribution in [0.5, 0.6) is 0 Å². The number of aryl methyl sites for hydroxylation is 2. The SMILES string of the molecule is Cc1cc2oc(=O)cc(CNC[C@H](Cc3ccccc3)N(C)C)c2cc1C. The van der Waals surface area contributed by atoms with E-state index < -0.39 is 0 Å². The van der Waals surface area contributed by atoms with Gasteiger partial charge in [0.05, 0.1) is 0 Å². The molecule has 1 N–H and O–H groups in total. The summed E-state index contributed by atoms with van der Waals surface area (Å²) in [6, 6.07) is 16.6. The van der Waals surface area contributed by atoms with Crippen LogP contribution in [0.15, 0.2) is 57.7 Å². The molecule has 0 bridgehead atoms. The van der Waals surface area contributed by atoms with Crippen molar-refractivity contribution in [1.82, 2.24) is 10.2 Å². The van der Waals surface area contributed by atoms with E-state index >= 15 is 0 Å². The van der Waals surface area contributed by atoms with Crippen LogP contribution in [0.1, 0.15) is 22.3 Å². The van der Waals surface area contributed by atoms with Crippen LogP contribution in [-0.4, -0.2) is 31.6 Å². The Balaban J connectivity index is 1.73. The van der Waals surface area contributed by atoms with Crippen molar-refractivity contribution >= 4 is 11.0 Å². The van der Waals surface area contributed by atoms with Crippen molar-refractivity contribution in [2.45, 2.75) is 32.9 Å². The molecule has 1 aromatic heterocycles. The van der Waals surface area contributed by atoms with E-state index in [1.165, 1.54) is 11.1 Å². The zero-order valence-corrected chi connectivity index (χ0v) is 16.6. The maximum atomic E-state index is 11.9. The second-order valence-electron chi connectivity index (χ2n) is 7.46. The lowest BCUT2D eigenvalue weighted by atomic mass is 10.0. The molecule has 0 saturated heterocycles. The molecule has 0 aliphatic rings. The Morgan fingerprint density at radius 3 is 2.44 bits per heavy atom. The van der Waals surface area contributed by atoms with Gasteiger partial charge < -0.3 is 14.6 Å². The summed E-state index contributed by atoms with van der Waals surface area (Å²) >= 11 is 0. The van der Waals surface area contributed by atoms with E-state index in [9.17, 15) is 4.79 Å². The van der Waals surface area contributed by atoms with E-state index in [0.29, 0.717) is 18.2 Å². The van der Waals surface area contributed by atoms with Gasteiger partial charge in [-0.1, -0.05) is 30.3 Å². The molecule has 0 saturated carbocycles. The number of likely N-dealkylation sites (N-methyl/N-ethyl adjacent to an activating group) is 1. The molecule has 1 atom stereocenters.